The van der Waals surface area contributed by atoms with Gasteiger partial charge < -0.3 is 5.32 Å². The molecule has 1 aromatic heterocycles. The van der Waals surface area contributed by atoms with E-state index in [2.05, 4.69) is 10.3 Å². The molecule has 0 radical (unpaired) electrons. The van der Waals surface area contributed by atoms with Crippen LogP contribution in [0.15, 0.2) is 23.7 Å². The third-order valence-corrected chi connectivity index (χ3v) is 3.96. The Hall–Kier alpha value is -1.39. The van der Waals surface area contributed by atoms with Crippen molar-refractivity contribution in [2.75, 3.05) is 5.32 Å². The molecule has 0 spiro atoms. The van der Waals surface area contributed by atoms with Crippen molar-refractivity contribution in [1.82, 2.24) is 4.98 Å². The molecule has 2 aromatic rings. The van der Waals surface area contributed by atoms with E-state index in [1.165, 1.54) is 11.3 Å². The third-order valence-electron chi connectivity index (χ3n) is 2.62. The number of halogens is 1. The summed E-state index contributed by atoms with van der Waals surface area (Å²) in [6, 6.07) is 5.49. The van der Waals surface area contributed by atoms with Gasteiger partial charge in [0.2, 0.25) is 5.91 Å². The fourth-order valence-corrected chi connectivity index (χ4v) is 2.47. The standard InChI is InChI=1S/C13H13ClN2OS/c1-8-3-4-10(5-11(8)14)16-13(17)6-12-9(2)15-7-18-12/h3-5,7H,6H2,1-2H3,(H,16,17). The second-order valence-electron chi connectivity index (χ2n) is 4.05. The summed E-state index contributed by atoms with van der Waals surface area (Å²) < 4.78 is 0. The Morgan fingerprint density at radius 3 is 2.83 bits per heavy atom. The molecule has 5 heteroatoms. The van der Waals surface area contributed by atoms with Gasteiger partial charge in [-0.15, -0.1) is 11.3 Å². The van der Waals surface area contributed by atoms with Crippen molar-refractivity contribution in [2.45, 2.75) is 20.3 Å². The lowest BCUT2D eigenvalue weighted by Gasteiger charge is -2.06. The molecule has 0 unspecified atom stereocenters. The number of nitrogens with one attached hydrogen (secondary N) is 1. The van der Waals surface area contributed by atoms with Crippen LogP contribution in [0.3, 0.4) is 0 Å². The predicted molar refractivity (Wildman–Crippen MR) is 75.4 cm³/mol. The van der Waals surface area contributed by atoms with Crippen LogP contribution in [0.25, 0.3) is 0 Å². The molecule has 0 saturated carbocycles. The van der Waals surface area contributed by atoms with Gasteiger partial charge in [0, 0.05) is 15.6 Å². The molecule has 1 aromatic carbocycles. The van der Waals surface area contributed by atoms with Gasteiger partial charge in [-0.1, -0.05) is 17.7 Å². The molecule has 94 valence electrons. The van der Waals surface area contributed by atoms with Gasteiger partial charge in [-0.2, -0.15) is 0 Å². The van der Waals surface area contributed by atoms with E-state index >= 15 is 0 Å². The molecule has 1 N–H and O–H groups in total. The van der Waals surface area contributed by atoms with Gasteiger partial charge in [0.25, 0.3) is 0 Å². The second-order valence-corrected chi connectivity index (χ2v) is 5.40. The number of benzene rings is 1. The molecule has 2 rings (SSSR count). The number of thiazole rings is 1. The fraction of sp³-hybridized carbons (Fsp3) is 0.231. The Morgan fingerprint density at radius 1 is 1.44 bits per heavy atom. The number of rotatable bonds is 3. The van der Waals surface area contributed by atoms with Crippen molar-refractivity contribution in [3.8, 4) is 0 Å². The second kappa shape index (κ2) is 5.50. The van der Waals surface area contributed by atoms with Crippen LogP contribution in [0.1, 0.15) is 16.1 Å². The number of anilines is 1. The summed E-state index contributed by atoms with van der Waals surface area (Å²) in [6.45, 7) is 3.83. The molecule has 0 fully saturated rings. The normalized spacial score (nSPS) is 10.4. The van der Waals surface area contributed by atoms with Gasteiger partial charge in [-0.25, -0.2) is 4.98 Å². The molecule has 0 atom stereocenters. The van der Waals surface area contributed by atoms with Gasteiger partial charge >= 0.3 is 0 Å². The van der Waals surface area contributed by atoms with Crippen molar-refractivity contribution in [1.29, 1.82) is 0 Å². The maximum Gasteiger partial charge on any atom is 0.229 e. The quantitative estimate of drug-likeness (QED) is 0.933. The minimum atomic E-state index is -0.0535. The predicted octanol–water partition coefficient (Wildman–Crippen LogP) is 3.59. The summed E-state index contributed by atoms with van der Waals surface area (Å²) in [6.07, 6.45) is 0.349. The number of aromatic nitrogens is 1. The first-order valence-electron chi connectivity index (χ1n) is 5.51. The first-order valence-corrected chi connectivity index (χ1v) is 6.77. The van der Waals surface area contributed by atoms with Crippen molar-refractivity contribution in [3.63, 3.8) is 0 Å². The van der Waals surface area contributed by atoms with Gasteiger partial charge in [0.1, 0.15) is 0 Å². The molecule has 18 heavy (non-hydrogen) atoms. The highest BCUT2D eigenvalue weighted by atomic mass is 35.5. The summed E-state index contributed by atoms with van der Waals surface area (Å²) in [4.78, 5) is 17.0. The van der Waals surface area contributed by atoms with Crippen LogP contribution in [0.5, 0.6) is 0 Å². The SMILES string of the molecule is Cc1ccc(NC(=O)Cc2scnc2C)cc1Cl. The van der Waals surface area contributed by atoms with Crippen molar-refractivity contribution in [2.24, 2.45) is 0 Å². The average Bonchev–Trinajstić information content (AvgIpc) is 2.70. The first kappa shape index (κ1) is 13.1. The summed E-state index contributed by atoms with van der Waals surface area (Å²) in [7, 11) is 0. The van der Waals surface area contributed by atoms with E-state index in [0.29, 0.717) is 11.4 Å². The molecule has 3 nitrogen and oxygen atoms in total. The lowest BCUT2D eigenvalue weighted by Crippen LogP contribution is -2.14. The van der Waals surface area contributed by atoms with Gasteiger partial charge in [-0.05, 0) is 31.5 Å². The highest BCUT2D eigenvalue weighted by molar-refractivity contribution is 7.09. The largest absolute Gasteiger partial charge is 0.326 e. The Bertz CT molecular complexity index is 580. The zero-order valence-electron chi connectivity index (χ0n) is 10.2. The van der Waals surface area contributed by atoms with Crippen molar-refractivity contribution < 1.29 is 4.79 Å². The third kappa shape index (κ3) is 3.09. The summed E-state index contributed by atoms with van der Waals surface area (Å²) >= 11 is 7.50. The van der Waals surface area contributed by atoms with Crippen LogP contribution in [0.2, 0.25) is 5.02 Å². The van der Waals surface area contributed by atoms with Crippen LogP contribution in [0, 0.1) is 13.8 Å². The lowest BCUT2D eigenvalue weighted by atomic mass is 10.2. The molecule has 0 aliphatic heterocycles. The van der Waals surface area contributed by atoms with Crippen LogP contribution in [-0.4, -0.2) is 10.9 Å². The minimum absolute atomic E-state index is 0.0535. The Balaban J connectivity index is 2.03. The van der Waals surface area contributed by atoms with Gasteiger partial charge in [-0.3, -0.25) is 4.79 Å². The van der Waals surface area contributed by atoms with E-state index in [9.17, 15) is 4.79 Å². The summed E-state index contributed by atoms with van der Waals surface area (Å²) in [5.74, 6) is -0.0535. The molecule has 0 aliphatic carbocycles. The lowest BCUT2D eigenvalue weighted by molar-refractivity contribution is -0.115. The number of aryl methyl sites for hydroxylation is 2. The molecule has 1 amide bonds. The fourth-order valence-electron chi connectivity index (χ4n) is 1.52. The van der Waals surface area contributed by atoms with Crippen LogP contribution in [-0.2, 0) is 11.2 Å². The molecule has 0 saturated heterocycles. The number of hydrogen-bond acceptors (Lipinski definition) is 3. The van der Waals surface area contributed by atoms with Crippen LogP contribution >= 0.6 is 22.9 Å². The number of nitrogens with zero attached hydrogens (tertiary/aromatic N) is 1. The number of carbonyl (C=O) groups excluding carboxylic acids is 1. The minimum Gasteiger partial charge on any atom is -0.326 e. The van der Waals surface area contributed by atoms with Crippen molar-refractivity contribution >= 4 is 34.5 Å². The highest BCUT2D eigenvalue weighted by Gasteiger charge is 2.09. The maximum absolute atomic E-state index is 11.9. The number of carbonyl (C=O) groups is 1. The van der Waals surface area contributed by atoms with E-state index in [1.807, 2.05) is 26.0 Å². The van der Waals surface area contributed by atoms with Crippen LogP contribution < -0.4 is 5.32 Å². The molecular formula is C13H13ClN2OS. The van der Waals surface area contributed by atoms with E-state index in [-0.39, 0.29) is 5.91 Å². The van der Waals surface area contributed by atoms with E-state index < -0.39 is 0 Å². The number of amides is 1. The van der Waals surface area contributed by atoms with Crippen molar-refractivity contribution in [3.05, 3.63) is 44.9 Å². The zero-order chi connectivity index (χ0) is 13.1. The number of hydrogen-bond donors (Lipinski definition) is 1. The highest BCUT2D eigenvalue weighted by Crippen LogP contribution is 2.20. The molecule has 1 heterocycles. The summed E-state index contributed by atoms with van der Waals surface area (Å²) in [5.41, 5.74) is 4.38. The Labute approximate surface area is 115 Å². The van der Waals surface area contributed by atoms with E-state index in [1.54, 1.807) is 11.6 Å². The van der Waals surface area contributed by atoms with E-state index in [0.717, 1.165) is 21.8 Å². The molecule has 0 bridgehead atoms. The smallest absolute Gasteiger partial charge is 0.229 e. The van der Waals surface area contributed by atoms with Gasteiger partial charge in [0.05, 0.1) is 17.6 Å². The maximum atomic E-state index is 11.9. The van der Waals surface area contributed by atoms with Gasteiger partial charge in [0.15, 0.2) is 0 Å². The molecular weight excluding hydrogens is 268 g/mol. The Morgan fingerprint density at radius 2 is 2.22 bits per heavy atom. The summed E-state index contributed by atoms with van der Waals surface area (Å²) in [5, 5.41) is 3.49. The first-order chi connectivity index (χ1) is 8.56. The topological polar surface area (TPSA) is 42.0 Å². The van der Waals surface area contributed by atoms with E-state index in [4.69, 9.17) is 11.6 Å². The monoisotopic (exact) mass is 280 g/mol. The zero-order valence-corrected chi connectivity index (χ0v) is 11.7. The van der Waals surface area contributed by atoms with Crippen LogP contribution in [0.4, 0.5) is 5.69 Å². The Kier molecular flexibility index (Phi) is 3.99. The average molecular weight is 281 g/mol. The molecule has 0 aliphatic rings.